The molecule has 26 heavy (non-hydrogen) atoms. The number of nitrogens with one attached hydrogen (secondary N) is 1. The van der Waals surface area contributed by atoms with E-state index in [2.05, 4.69) is 31.3 Å². The second-order valence-corrected chi connectivity index (χ2v) is 8.03. The van der Waals surface area contributed by atoms with E-state index in [1.54, 1.807) is 0 Å². The van der Waals surface area contributed by atoms with Gasteiger partial charge in [-0.05, 0) is 54.8 Å². The summed E-state index contributed by atoms with van der Waals surface area (Å²) in [5.74, 6) is 1.42. The number of carbonyl (C=O) groups is 1. The predicted octanol–water partition coefficient (Wildman–Crippen LogP) is 4.84. The Labute approximate surface area is 159 Å². The Balaban J connectivity index is 1.63. The van der Waals surface area contributed by atoms with E-state index < -0.39 is 0 Å². The number of hydrogen-bond acceptors (Lipinski definition) is 4. The highest BCUT2D eigenvalue weighted by Crippen LogP contribution is 2.31. The van der Waals surface area contributed by atoms with Crippen LogP contribution in [0.25, 0.3) is 0 Å². The zero-order chi connectivity index (χ0) is 18.5. The maximum Gasteiger partial charge on any atom is 0.228 e. The smallest absolute Gasteiger partial charge is 0.228 e. The molecule has 0 bridgehead atoms. The van der Waals surface area contributed by atoms with Gasteiger partial charge in [0.1, 0.15) is 13.2 Å². The van der Waals surface area contributed by atoms with Gasteiger partial charge in [-0.2, -0.15) is 0 Å². The first-order valence-electron chi connectivity index (χ1n) is 9.01. The minimum Gasteiger partial charge on any atom is -0.486 e. The molecule has 0 saturated heterocycles. The number of ether oxygens (including phenoxy) is 2. The molecular formula is C21H25NO3S. The van der Waals surface area contributed by atoms with Crippen molar-refractivity contribution in [3.63, 3.8) is 0 Å². The second-order valence-electron chi connectivity index (χ2n) is 6.52. The predicted molar refractivity (Wildman–Crippen MR) is 107 cm³/mol. The van der Waals surface area contributed by atoms with Crippen LogP contribution in [0.4, 0.5) is 5.69 Å². The quantitative estimate of drug-likeness (QED) is 0.738. The SMILES string of the molecule is CCC(C)Sc1ccc(NC(=O)Cc2ccc3c(c2)OCCO3)c(C)c1. The number of benzene rings is 2. The molecule has 5 heteroatoms. The molecule has 1 N–H and O–H groups in total. The molecule has 0 radical (unpaired) electrons. The molecule has 0 aliphatic carbocycles. The van der Waals surface area contributed by atoms with E-state index >= 15 is 0 Å². The van der Waals surface area contributed by atoms with Crippen molar-refractivity contribution in [2.24, 2.45) is 0 Å². The average Bonchev–Trinajstić information content (AvgIpc) is 2.63. The highest BCUT2D eigenvalue weighted by Gasteiger charge is 2.14. The van der Waals surface area contributed by atoms with Crippen LogP contribution >= 0.6 is 11.8 Å². The van der Waals surface area contributed by atoms with Gasteiger partial charge in [0.05, 0.1) is 6.42 Å². The van der Waals surface area contributed by atoms with Crippen molar-refractivity contribution in [2.75, 3.05) is 18.5 Å². The Morgan fingerprint density at radius 3 is 2.65 bits per heavy atom. The second kappa shape index (κ2) is 8.49. The summed E-state index contributed by atoms with van der Waals surface area (Å²) in [6, 6.07) is 11.9. The molecule has 2 aromatic rings. The van der Waals surface area contributed by atoms with Crippen molar-refractivity contribution in [1.82, 2.24) is 0 Å². The van der Waals surface area contributed by atoms with Crippen LogP contribution in [0.2, 0.25) is 0 Å². The van der Waals surface area contributed by atoms with Crippen molar-refractivity contribution in [2.45, 2.75) is 43.8 Å². The summed E-state index contributed by atoms with van der Waals surface area (Å²) in [6.45, 7) is 7.56. The van der Waals surface area contributed by atoms with Crippen LogP contribution in [0, 0.1) is 6.92 Å². The molecular weight excluding hydrogens is 346 g/mol. The van der Waals surface area contributed by atoms with Gasteiger partial charge in [-0.1, -0.05) is 19.9 Å². The van der Waals surface area contributed by atoms with Crippen molar-refractivity contribution in [1.29, 1.82) is 0 Å². The van der Waals surface area contributed by atoms with E-state index in [1.165, 1.54) is 4.90 Å². The van der Waals surface area contributed by atoms with Gasteiger partial charge in [-0.3, -0.25) is 4.79 Å². The van der Waals surface area contributed by atoms with Crippen LogP contribution in [0.5, 0.6) is 11.5 Å². The molecule has 138 valence electrons. The van der Waals surface area contributed by atoms with E-state index in [-0.39, 0.29) is 5.91 Å². The molecule has 3 rings (SSSR count). The van der Waals surface area contributed by atoms with Gasteiger partial charge in [0.15, 0.2) is 11.5 Å². The van der Waals surface area contributed by atoms with E-state index in [0.29, 0.717) is 30.6 Å². The number of amides is 1. The van der Waals surface area contributed by atoms with Crippen LogP contribution in [-0.2, 0) is 11.2 Å². The Bertz CT molecular complexity index is 791. The zero-order valence-electron chi connectivity index (χ0n) is 15.5. The lowest BCUT2D eigenvalue weighted by Gasteiger charge is -2.18. The van der Waals surface area contributed by atoms with Crippen molar-refractivity contribution < 1.29 is 14.3 Å². The number of fused-ring (bicyclic) bond motifs is 1. The lowest BCUT2D eigenvalue weighted by molar-refractivity contribution is -0.115. The molecule has 1 atom stereocenters. The fraction of sp³-hybridized carbons (Fsp3) is 0.381. The Hall–Kier alpha value is -2.14. The summed E-state index contributed by atoms with van der Waals surface area (Å²) < 4.78 is 11.1. The number of rotatable bonds is 6. The molecule has 0 saturated carbocycles. The molecule has 0 aromatic heterocycles. The maximum atomic E-state index is 12.4. The van der Waals surface area contributed by atoms with Gasteiger partial charge in [0, 0.05) is 15.8 Å². The zero-order valence-corrected chi connectivity index (χ0v) is 16.3. The molecule has 1 amide bonds. The number of carbonyl (C=O) groups excluding carboxylic acids is 1. The highest BCUT2D eigenvalue weighted by molar-refractivity contribution is 7.99. The molecule has 0 fully saturated rings. The van der Waals surface area contributed by atoms with Crippen LogP contribution in [-0.4, -0.2) is 24.4 Å². The van der Waals surface area contributed by atoms with E-state index in [9.17, 15) is 4.79 Å². The maximum absolute atomic E-state index is 12.4. The Kier molecular flexibility index (Phi) is 6.09. The molecule has 1 aliphatic rings. The molecule has 2 aromatic carbocycles. The summed E-state index contributed by atoms with van der Waals surface area (Å²) in [4.78, 5) is 13.7. The lowest BCUT2D eigenvalue weighted by Crippen LogP contribution is -2.17. The van der Waals surface area contributed by atoms with E-state index in [4.69, 9.17) is 9.47 Å². The summed E-state index contributed by atoms with van der Waals surface area (Å²) in [5, 5.41) is 3.60. The van der Waals surface area contributed by atoms with Gasteiger partial charge in [-0.25, -0.2) is 0 Å². The van der Waals surface area contributed by atoms with Crippen LogP contribution in [0.3, 0.4) is 0 Å². The monoisotopic (exact) mass is 371 g/mol. The minimum absolute atomic E-state index is 0.0351. The third kappa shape index (κ3) is 4.73. The van der Waals surface area contributed by atoms with Crippen molar-refractivity contribution >= 4 is 23.4 Å². The van der Waals surface area contributed by atoms with Gasteiger partial charge < -0.3 is 14.8 Å². The molecule has 1 aliphatic heterocycles. The summed E-state index contributed by atoms with van der Waals surface area (Å²) in [7, 11) is 0. The van der Waals surface area contributed by atoms with Crippen molar-refractivity contribution in [3.8, 4) is 11.5 Å². The Morgan fingerprint density at radius 1 is 1.15 bits per heavy atom. The van der Waals surface area contributed by atoms with E-state index in [0.717, 1.165) is 29.0 Å². The highest BCUT2D eigenvalue weighted by atomic mass is 32.2. The average molecular weight is 372 g/mol. The normalized spacial score (nSPS) is 14.0. The Morgan fingerprint density at radius 2 is 1.92 bits per heavy atom. The standard InChI is InChI=1S/C21H25NO3S/c1-4-15(3)26-17-6-7-18(14(2)11-17)22-21(23)13-16-5-8-19-20(12-16)25-10-9-24-19/h5-8,11-12,15H,4,9-10,13H2,1-3H3,(H,22,23). The third-order valence-corrected chi connectivity index (χ3v) is 5.62. The van der Waals surface area contributed by atoms with Gasteiger partial charge >= 0.3 is 0 Å². The van der Waals surface area contributed by atoms with Crippen LogP contribution in [0.15, 0.2) is 41.3 Å². The first kappa shape index (κ1) is 18.6. The number of anilines is 1. The molecule has 1 unspecified atom stereocenters. The topological polar surface area (TPSA) is 47.6 Å². The number of aryl methyl sites for hydroxylation is 1. The summed E-state index contributed by atoms with van der Waals surface area (Å²) >= 11 is 1.86. The fourth-order valence-electron chi connectivity index (χ4n) is 2.74. The third-order valence-electron chi connectivity index (χ3n) is 4.36. The molecule has 1 heterocycles. The largest absolute Gasteiger partial charge is 0.486 e. The lowest BCUT2D eigenvalue weighted by atomic mass is 10.1. The molecule has 0 spiro atoms. The van der Waals surface area contributed by atoms with Crippen molar-refractivity contribution in [3.05, 3.63) is 47.5 Å². The minimum atomic E-state index is -0.0351. The van der Waals surface area contributed by atoms with Crippen LogP contribution in [0.1, 0.15) is 31.4 Å². The number of hydrogen-bond donors (Lipinski definition) is 1. The first-order valence-corrected chi connectivity index (χ1v) is 9.89. The first-order chi connectivity index (χ1) is 12.5. The van der Waals surface area contributed by atoms with E-state index in [1.807, 2.05) is 43.0 Å². The number of thioether (sulfide) groups is 1. The summed E-state index contributed by atoms with van der Waals surface area (Å²) in [5.41, 5.74) is 2.85. The van der Waals surface area contributed by atoms with Gasteiger partial charge in [0.25, 0.3) is 0 Å². The molecule has 4 nitrogen and oxygen atoms in total. The van der Waals surface area contributed by atoms with Gasteiger partial charge in [-0.15, -0.1) is 11.8 Å². The summed E-state index contributed by atoms with van der Waals surface area (Å²) in [6.07, 6.45) is 1.44. The fourth-order valence-corrected chi connectivity index (χ4v) is 3.77. The van der Waals surface area contributed by atoms with Gasteiger partial charge in [0.2, 0.25) is 5.91 Å². The van der Waals surface area contributed by atoms with Crippen LogP contribution < -0.4 is 14.8 Å².